The van der Waals surface area contributed by atoms with E-state index in [1.54, 1.807) is 24.9 Å². The van der Waals surface area contributed by atoms with Gasteiger partial charge in [0.05, 0.1) is 5.02 Å². The summed E-state index contributed by atoms with van der Waals surface area (Å²) in [5, 5.41) is 0.443. The predicted octanol–water partition coefficient (Wildman–Crippen LogP) is 2.88. The smallest absolute Gasteiger partial charge is 0.261 e. The third-order valence-electron chi connectivity index (χ3n) is 4.94. The number of aryl methyl sites for hydroxylation is 2. The Labute approximate surface area is 151 Å². The van der Waals surface area contributed by atoms with Crippen LogP contribution in [0.3, 0.4) is 0 Å². The Morgan fingerprint density at radius 1 is 1.44 bits per heavy atom. The topological polar surface area (TPSA) is 71.0 Å². The SMILES string of the molecule is CCn1ccnc1[C@@H]1CCCN(C(=O)c2c(C)c(Cl)c(C)[nH]c2=O)C1. The molecule has 7 heteroatoms. The Morgan fingerprint density at radius 2 is 2.20 bits per heavy atom. The van der Waals surface area contributed by atoms with Gasteiger partial charge in [0.15, 0.2) is 0 Å². The summed E-state index contributed by atoms with van der Waals surface area (Å²) in [7, 11) is 0. The minimum absolute atomic E-state index is 0.148. The third kappa shape index (κ3) is 3.23. The molecule has 1 saturated heterocycles. The Bertz CT molecular complexity index is 855. The van der Waals surface area contributed by atoms with Crippen molar-refractivity contribution in [2.45, 2.75) is 46.1 Å². The highest BCUT2D eigenvalue weighted by atomic mass is 35.5. The number of aromatic amines is 1. The molecule has 0 spiro atoms. The van der Waals surface area contributed by atoms with Crippen molar-refractivity contribution in [1.29, 1.82) is 0 Å². The van der Waals surface area contributed by atoms with Gasteiger partial charge in [-0.25, -0.2) is 4.98 Å². The van der Waals surface area contributed by atoms with Crippen molar-refractivity contribution in [2.75, 3.05) is 13.1 Å². The monoisotopic (exact) mass is 362 g/mol. The average molecular weight is 363 g/mol. The second-order valence-corrected chi connectivity index (χ2v) is 6.93. The summed E-state index contributed by atoms with van der Waals surface area (Å²) in [6, 6.07) is 0. The van der Waals surface area contributed by atoms with E-state index >= 15 is 0 Å². The number of piperidine rings is 1. The first kappa shape index (κ1) is 17.7. The number of hydrogen-bond donors (Lipinski definition) is 1. The Morgan fingerprint density at radius 3 is 2.92 bits per heavy atom. The first-order valence-corrected chi connectivity index (χ1v) is 9.01. The predicted molar refractivity (Wildman–Crippen MR) is 97.3 cm³/mol. The Hall–Kier alpha value is -2.08. The zero-order valence-corrected chi connectivity index (χ0v) is 15.6. The van der Waals surface area contributed by atoms with Crippen LogP contribution in [0.2, 0.25) is 5.02 Å². The molecule has 3 heterocycles. The van der Waals surface area contributed by atoms with E-state index < -0.39 is 0 Å². The molecule has 0 saturated carbocycles. The molecule has 0 unspecified atom stereocenters. The number of likely N-dealkylation sites (tertiary alicyclic amines) is 1. The summed E-state index contributed by atoms with van der Waals surface area (Å²) in [5.74, 6) is 0.945. The quantitative estimate of drug-likeness (QED) is 0.912. The molecule has 6 nitrogen and oxygen atoms in total. The largest absolute Gasteiger partial charge is 0.338 e. The van der Waals surface area contributed by atoms with Gasteiger partial charge in [-0.2, -0.15) is 0 Å². The van der Waals surface area contributed by atoms with Gasteiger partial charge in [0.25, 0.3) is 11.5 Å². The minimum Gasteiger partial charge on any atom is -0.338 e. The van der Waals surface area contributed by atoms with Gasteiger partial charge < -0.3 is 14.5 Å². The van der Waals surface area contributed by atoms with E-state index in [2.05, 4.69) is 21.5 Å². The van der Waals surface area contributed by atoms with E-state index in [0.717, 1.165) is 25.2 Å². The van der Waals surface area contributed by atoms with Crippen LogP contribution in [0.25, 0.3) is 0 Å². The number of amides is 1. The van der Waals surface area contributed by atoms with Gasteiger partial charge >= 0.3 is 0 Å². The zero-order chi connectivity index (χ0) is 18.1. The van der Waals surface area contributed by atoms with Gasteiger partial charge in [0.1, 0.15) is 11.4 Å². The number of rotatable bonds is 3. The molecule has 1 fully saturated rings. The van der Waals surface area contributed by atoms with Gasteiger partial charge in [-0.05, 0) is 39.2 Å². The molecule has 0 aliphatic carbocycles. The third-order valence-corrected chi connectivity index (χ3v) is 5.50. The number of carbonyl (C=O) groups is 1. The fraction of sp³-hybridized carbons (Fsp3) is 0.500. The van der Waals surface area contributed by atoms with Gasteiger partial charge in [-0.15, -0.1) is 0 Å². The first-order valence-electron chi connectivity index (χ1n) is 8.63. The average Bonchev–Trinajstić information content (AvgIpc) is 3.08. The molecule has 0 bridgehead atoms. The van der Waals surface area contributed by atoms with Crippen molar-refractivity contribution in [3.63, 3.8) is 0 Å². The molecule has 1 atom stereocenters. The van der Waals surface area contributed by atoms with Crippen LogP contribution in [0, 0.1) is 13.8 Å². The van der Waals surface area contributed by atoms with E-state index in [4.69, 9.17) is 11.6 Å². The molecule has 1 aliphatic heterocycles. The highest BCUT2D eigenvalue weighted by Crippen LogP contribution is 2.28. The van der Waals surface area contributed by atoms with Crippen molar-refractivity contribution < 1.29 is 4.79 Å². The van der Waals surface area contributed by atoms with Gasteiger partial charge in [0.2, 0.25) is 0 Å². The molecule has 2 aromatic rings. The number of H-pyrrole nitrogens is 1. The van der Waals surface area contributed by atoms with E-state index in [1.807, 2.05) is 6.20 Å². The van der Waals surface area contributed by atoms with E-state index in [-0.39, 0.29) is 22.9 Å². The molecule has 134 valence electrons. The van der Waals surface area contributed by atoms with E-state index in [0.29, 0.717) is 29.4 Å². The molecule has 1 amide bonds. The summed E-state index contributed by atoms with van der Waals surface area (Å²) in [4.78, 5) is 34.2. The van der Waals surface area contributed by atoms with Crippen LogP contribution in [-0.4, -0.2) is 38.4 Å². The molecule has 3 rings (SSSR count). The maximum Gasteiger partial charge on any atom is 0.261 e. The zero-order valence-electron chi connectivity index (χ0n) is 14.8. The lowest BCUT2D eigenvalue weighted by atomic mass is 9.96. The van der Waals surface area contributed by atoms with Crippen LogP contribution >= 0.6 is 11.6 Å². The molecular weight excluding hydrogens is 340 g/mol. The summed E-state index contributed by atoms with van der Waals surface area (Å²) in [6.07, 6.45) is 5.65. The molecule has 1 aliphatic rings. The number of carbonyl (C=O) groups excluding carboxylic acids is 1. The summed E-state index contributed by atoms with van der Waals surface area (Å²) < 4.78 is 2.11. The fourth-order valence-electron chi connectivity index (χ4n) is 3.58. The lowest BCUT2D eigenvalue weighted by Crippen LogP contribution is -2.42. The first-order chi connectivity index (χ1) is 11.9. The highest BCUT2D eigenvalue weighted by Gasteiger charge is 2.30. The minimum atomic E-state index is -0.374. The lowest BCUT2D eigenvalue weighted by molar-refractivity contribution is 0.0700. The molecule has 2 aromatic heterocycles. The highest BCUT2D eigenvalue weighted by molar-refractivity contribution is 6.32. The standard InChI is InChI=1S/C18H23ClN4O2/c1-4-22-9-7-20-16(22)13-6-5-8-23(10-13)18(25)14-11(2)15(19)12(3)21-17(14)24/h7,9,13H,4-6,8,10H2,1-3H3,(H,21,24)/t13-/m1/s1. The number of nitrogens with zero attached hydrogens (tertiary/aromatic N) is 3. The maximum atomic E-state index is 13.0. The van der Waals surface area contributed by atoms with Gasteiger partial charge in [-0.1, -0.05) is 11.6 Å². The van der Waals surface area contributed by atoms with Crippen molar-refractivity contribution in [3.05, 3.63) is 50.4 Å². The Kier molecular flexibility index (Phi) is 4.99. The summed E-state index contributed by atoms with van der Waals surface area (Å²) in [6.45, 7) is 7.60. The molecule has 25 heavy (non-hydrogen) atoms. The van der Waals surface area contributed by atoms with Gasteiger partial charge in [-0.3, -0.25) is 9.59 Å². The number of halogens is 1. The van der Waals surface area contributed by atoms with E-state index in [1.165, 1.54) is 0 Å². The lowest BCUT2D eigenvalue weighted by Gasteiger charge is -2.33. The summed E-state index contributed by atoms with van der Waals surface area (Å²) in [5.41, 5.74) is 0.906. The molecule has 0 aromatic carbocycles. The number of nitrogens with one attached hydrogen (secondary N) is 1. The van der Waals surface area contributed by atoms with Crippen LogP contribution < -0.4 is 5.56 Å². The summed E-state index contributed by atoms with van der Waals surface area (Å²) >= 11 is 6.23. The number of imidazole rings is 1. The van der Waals surface area contributed by atoms with Crippen molar-refractivity contribution in [2.24, 2.45) is 0 Å². The maximum absolute atomic E-state index is 13.0. The van der Waals surface area contributed by atoms with Crippen LogP contribution in [-0.2, 0) is 6.54 Å². The van der Waals surface area contributed by atoms with Crippen molar-refractivity contribution in [1.82, 2.24) is 19.4 Å². The number of aromatic nitrogens is 3. The van der Waals surface area contributed by atoms with Crippen molar-refractivity contribution in [3.8, 4) is 0 Å². The van der Waals surface area contributed by atoms with Crippen LogP contribution in [0.4, 0.5) is 0 Å². The second-order valence-electron chi connectivity index (χ2n) is 6.55. The second kappa shape index (κ2) is 7.04. The van der Waals surface area contributed by atoms with Gasteiger partial charge in [0, 0.05) is 43.6 Å². The van der Waals surface area contributed by atoms with Crippen LogP contribution in [0.5, 0.6) is 0 Å². The molecule has 0 radical (unpaired) electrons. The molecular formula is C18H23ClN4O2. The van der Waals surface area contributed by atoms with Crippen LogP contribution in [0.15, 0.2) is 17.2 Å². The normalized spacial score (nSPS) is 17.8. The van der Waals surface area contributed by atoms with Crippen molar-refractivity contribution >= 4 is 17.5 Å². The fourth-order valence-corrected chi connectivity index (χ4v) is 3.73. The number of pyridine rings is 1. The van der Waals surface area contributed by atoms with Crippen LogP contribution in [0.1, 0.15) is 53.1 Å². The number of hydrogen-bond acceptors (Lipinski definition) is 3. The Balaban J connectivity index is 1.89. The molecule has 1 N–H and O–H groups in total. The van der Waals surface area contributed by atoms with E-state index in [9.17, 15) is 9.59 Å².